The Kier molecular flexibility index (Phi) is 3.49. The monoisotopic (exact) mass is 272 g/mol. The van der Waals surface area contributed by atoms with E-state index < -0.39 is 0 Å². The molecule has 1 fully saturated rings. The Hall–Kier alpha value is -1.81. The molecule has 3 rings (SSSR count). The largest absolute Gasteiger partial charge is 0.465 e. The molecule has 0 N–H and O–H groups in total. The van der Waals surface area contributed by atoms with E-state index in [4.69, 9.17) is 4.74 Å². The third kappa shape index (κ3) is 2.31. The summed E-state index contributed by atoms with van der Waals surface area (Å²) in [6, 6.07) is 8.41. The Balaban J connectivity index is 1.96. The molecule has 0 saturated carbocycles. The molecule has 1 aromatic carbocycles. The summed E-state index contributed by atoms with van der Waals surface area (Å²) in [5.41, 5.74) is 1.75. The van der Waals surface area contributed by atoms with Gasteiger partial charge in [0.2, 0.25) is 0 Å². The number of esters is 1. The van der Waals surface area contributed by atoms with Crippen molar-refractivity contribution in [1.29, 1.82) is 0 Å². The first-order chi connectivity index (χ1) is 9.69. The molecule has 0 bridgehead atoms. The summed E-state index contributed by atoms with van der Waals surface area (Å²) in [5, 5.41) is 1.18. The molecule has 4 heteroatoms. The van der Waals surface area contributed by atoms with Crippen LogP contribution in [-0.2, 0) is 4.74 Å². The Bertz CT molecular complexity index is 624. The quantitative estimate of drug-likeness (QED) is 0.788. The van der Waals surface area contributed by atoms with Crippen LogP contribution >= 0.6 is 0 Å². The Morgan fingerprint density at radius 3 is 2.70 bits per heavy atom. The molecule has 0 amide bonds. The van der Waals surface area contributed by atoms with Crippen molar-refractivity contribution in [3.63, 3.8) is 0 Å². The average molecular weight is 272 g/mol. The van der Waals surface area contributed by atoms with Gasteiger partial charge in [0.15, 0.2) is 0 Å². The number of aromatic nitrogens is 1. The van der Waals surface area contributed by atoms with E-state index in [2.05, 4.69) is 28.8 Å². The molecular formula is C16H20N2O2. The molecule has 1 saturated heterocycles. The number of ether oxygens (including phenoxy) is 1. The number of benzene rings is 1. The van der Waals surface area contributed by atoms with E-state index in [1.54, 1.807) is 0 Å². The van der Waals surface area contributed by atoms with Crippen LogP contribution in [0.3, 0.4) is 0 Å². The number of nitrogens with zero attached hydrogens (tertiary/aromatic N) is 2. The fraction of sp³-hybridized carbons (Fsp3) is 0.438. The van der Waals surface area contributed by atoms with E-state index in [1.807, 2.05) is 18.2 Å². The summed E-state index contributed by atoms with van der Waals surface area (Å²) < 4.78 is 7.12. The van der Waals surface area contributed by atoms with Gasteiger partial charge in [-0.3, -0.25) is 0 Å². The van der Waals surface area contributed by atoms with Crippen LogP contribution in [0, 0.1) is 0 Å². The topological polar surface area (TPSA) is 34.5 Å². The summed E-state index contributed by atoms with van der Waals surface area (Å²) in [4.78, 5) is 14.0. The van der Waals surface area contributed by atoms with Gasteiger partial charge in [0.05, 0.1) is 12.7 Å². The van der Waals surface area contributed by atoms with E-state index in [0.29, 0.717) is 11.6 Å². The predicted molar refractivity (Wildman–Crippen MR) is 79.0 cm³/mol. The lowest BCUT2D eigenvalue weighted by Gasteiger charge is -2.30. The van der Waals surface area contributed by atoms with Gasteiger partial charge in [-0.2, -0.15) is 0 Å². The fourth-order valence-electron chi connectivity index (χ4n) is 2.99. The third-order valence-electron chi connectivity index (χ3n) is 4.23. The first kappa shape index (κ1) is 13.2. The highest BCUT2D eigenvalue weighted by atomic mass is 16.5. The Labute approximate surface area is 118 Å². The molecule has 1 aromatic heterocycles. The molecule has 0 unspecified atom stereocenters. The maximum Gasteiger partial charge on any atom is 0.337 e. The average Bonchev–Trinajstić information content (AvgIpc) is 2.90. The van der Waals surface area contributed by atoms with Crippen LogP contribution in [0.4, 0.5) is 0 Å². The normalized spacial score (nSPS) is 17.5. The molecule has 20 heavy (non-hydrogen) atoms. The lowest BCUT2D eigenvalue weighted by atomic mass is 10.0. The van der Waals surface area contributed by atoms with Crippen LogP contribution in [0.2, 0.25) is 0 Å². The standard InChI is InChI=1S/C16H20N2O2/c1-17-8-6-14(7-9-17)18-10-5-12-3-4-13(11-15(12)18)16(19)20-2/h3-5,10-11,14H,6-9H2,1-2H3. The van der Waals surface area contributed by atoms with Crippen LogP contribution in [0.15, 0.2) is 30.5 Å². The van der Waals surface area contributed by atoms with E-state index in [9.17, 15) is 4.79 Å². The van der Waals surface area contributed by atoms with Crippen LogP contribution in [0.1, 0.15) is 29.2 Å². The number of carbonyl (C=O) groups is 1. The van der Waals surface area contributed by atoms with Gasteiger partial charge in [-0.15, -0.1) is 0 Å². The van der Waals surface area contributed by atoms with Gasteiger partial charge in [0, 0.05) is 17.8 Å². The van der Waals surface area contributed by atoms with E-state index in [1.165, 1.54) is 12.5 Å². The van der Waals surface area contributed by atoms with Crippen LogP contribution < -0.4 is 0 Å². The lowest BCUT2D eigenvalue weighted by molar-refractivity contribution is 0.0601. The number of fused-ring (bicyclic) bond motifs is 1. The first-order valence-corrected chi connectivity index (χ1v) is 7.06. The van der Waals surface area contributed by atoms with E-state index >= 15 is 0 Å². The number of methoxy groups -OCH3 is 1. The second-order valence-electron chi connectivity index (χ2n) is 5.52. The Morgan fingerprint density at radius 2 is 2.00 bits per heavy atom. The second-order valence-corrected chi connectivity index (χ2v) is 5.52. The Morgan fingerprint density at radius 1 is 1.25 bits per heavy atom. The number of likely N-dealkylation sites (tertiary alicyclic amines) is 1. The highest BCUT2D eigenvalue weighted by Gasteiger charge is 2.19. The minimum absolute atomic E-state index is 0.275. The van der Waals surface area contributed by atoms with Gasteiger partial charge in [-0.05, 0) is 56.6 Å². The molecule has 4 nitrogen and oxygen atoms in total. The van der Waals surface area contributed by atoms with Gasteiger partial charge in [-0.25, -0.2) is 4.79 Å². The van der Waals surface area contributed by atoms with E-state index in [-0.39, 0.29) is 5.97 Å². The fourth-order valence-corrected chi connectivity index (χ4v) is 2.99. The molecule has 0 aliphatic carbocycles. The maximum atomic E-state index is 11.7. The summed E-state index contributed by atoms with van der Waals surface area (Å²) in [6.45, 7) is 2.25. The summed E-state index contributed by atoms with van der Waals surface area (Å²) in [5.74, 6) is -0.275. The van der Waals surface area contributed by atoms with E-state index in [0.717, 1.165) is 31.4 Å². The number of rotatable bonds is 2. The SMILES string of the molecule is COC(=O)c1ccc2ccn(C3CCN(C)CC3)c2c1. The molecular weight excluding hydrogens is 252 g/mol. The molecule has 1 aliphatic heterocycles. The number of hydrogen-bond donors (Lipinski definition) is 0. The highest BCUT2D eigenvalue weighted by molar-refractivity contribution is 5.94. The number of hydrogen-bond acceptors (Lipinski definition) is 3. The summed E-state index contributed by atoms with van der Waals surface area (Å²) in [6.07, 6.45) is 4.45. The summed E-state index contributed by atoms with van der Waals surface area (Å²) in [7, 11) is 3.59. The molecule has 0 radical (unpaired) electrons. The zero-order chi connectivity index (χ0) is 14.1. The van der Waals surface area contributed by atoms with Crippen molar-refractivity contribution >= 4 is 16.9 Å². The minimum Gasteiger partial charge on any atom is -0.465 e. The zero-order valence-corrected chi connectivity index (χ0v) is 12.0. The second kappa shape index (κ2) is 5.29. The molecule has 106 valence electrons. The molecule has 0 atom stereocenters. The van der Waals surface area contributed by atoms with Crippen molar-refractivity contribution in [3.8, 4) is 0 Å². The lowest BCUT2D eigenvalue weighted by Crippen LogP contribution is -2.31. The smallest absolute Gasteiger partial charge is 0.337 e. The molecule has 0 spiro atoms. The van der Waals surface area contributed by atoms with Crippen molar-refractivity contribution in [2.24, 2.45) is 0 Å². The summed E-state index contributed by atoms with van der Waals surface area (Å²) >= 11 is 0. The van der Waals surface area contributed by atoms with Crippen molar-refractivity contribution in [2.75, 3.05) is 27.2 Å². The van der Waals surface area contributed by atoms with Gasteiger partial charge >= 0.3 is 5.97 Å². The van der Waals surface area contributed by atoms with Crippen molar-refractivity contribution in [2.45, 2.75) is 18.9 Å². The molecule has 2 heterocycles. The maximum absolute atomic E-state index is 11.7. The zero-order valence-electron chi connectivity index (χ0n) is 12.0. The van der Waals surface area contributed by atoms with Crippen LogP contribution in [0.5, 0.6) is 0 Å². The van der Waals surface area contributed by atoms with Gasteiger partial charge < -0.3 is 14.2 Å². The minimum atomic E-state index is -0.275. The van der Waals surface area contributed by atoms with Gasteiger partial charge in [0.1, 0.15) is 0 Å². The van der Waals surface area contributed by atoms with Gasteiger partial charge in [-0.1, -0.05) is 6.07 Å². The third-order valence-corrected chi connectivity index (χ3v) is 4.23. The molecule has 2 aromatic rings. The van der Waals surface area contributed by atoms with Crippen molar-refractivity contribution < 1.29 is 9.53 Å². The number of piperidine rings is 1. The van der Waals surface area contributed by atoms with Gasteiger partial charge in [0.25, 0.3) is 0 Å². The first-order valence-electron chi connectivity index (χ1n) is 7.06. The number of carbonyl (C=O) groups excluding carboxylic acids is 1. The molecule has 1 aliphatic rings. The van der Waals surface area contributed by atoms with Crippen LogP contribution in [0.25, 0.3) is 10.9 Å². The van der Waals surface area contributed by atoms with Crippen LogP contribution in [-0.4, -0.2) is 42.7 Å². The predicted octanol–water partition coefficient (Wildman–Crippen LogP) is 2.69. The van der Waals surface area contributed by atoms with Crippen molar-refractivity contribution in [3.05, 3.63) is 36.0 Å². The highest BCUT2D eigenvalue weighted by Crippen LogP contribution is 2.28. The van der Waals surface area contributed by atoms with Crippen molar-refractivity contribution in [1.82, 2.24) is 9.47 Å².